The molecule has 0 aromatic carbocycles. The second-order valence-electron chi connectivity index (χ2n) is 3.92. The lowest BCUT2D eigenvalue weighted by molar-refractivity contribution is -0.164. The van der Waals surface area contributed by atoms with Crippen molar-refractivity contribution in [2.24, 2.45) is 5.92 Å². The third-order valence-electron chi connectivity index (χ3n) is 2.68. The Morgan fingerprint density at radius 2 is 1.81 bits per heavy atom. The van der Waals surface area contributed by atoms with Gasteiger partial charge in [-0.25, -0.2) is 0 Å². The molecule has 1 aliphatic carbocycles. The van der Waals surface area contributed by atoms with Crippen molar-refractivity contribution in [2.45, 2.75) is 38.7 Å². The molecule has 0 heterocycles. The zero-order valence-electron chi connectivity index (χ0n) is 9.52. The van der Waals surface area contributed by atoms with Crippen molar-refractivity contribution < 1.29 is 23.9 Å². The fourth-order valence-electron chi connectivity index (χ4n) is 1.57. The summed E-state index contributed by atoms with van der Waals surface area (Å²) in [6.45, 7) is 1.45. The zero-order chi connectivity index (χ0) is 12.1. The minimum Gasteiger partial charge on any atom is -0.468 e. The van der Waals surface area contributed by atoms with Gasteiger partial charge in [-0.15, -0.1) is 0 Å². The Bertz CT molecular complexity index is 287. The summed E-state index contributed by atoms with van der Waals surface area (Å²) >= 11 is 0. The minimum atomic E-state index is -0.900. The fourth-order valence-corrected chi connectivity index (χ4v) is 1.57. The molecule has 0 aliphatic heterocycles. The van der Waals surface area contributed by atoms with Crippen LogP contribution in [0.3, 0.4) is 0 Å². The Hall–Kier alpha value is -1.39. The number of carbonyl (C=O) groups is 3. The van der Waals surface area contributed by atoms with E-state index in [4.69, 9.17) is 4.74 Å². The summed E-state index contributed by atoms with van der Waals surface area (Å²) in [7, 11) is 1.23. The van der Waals surface area contributed by atoms with Gasteiger partial charge in [-0.1, -0.05) is 0 Å². The Morgan fingerprint density at radius 3 is 2.31 bits per heavy atom. The van der Waals surface area contributed by atoms with E-state index in [-0.39, 0.29) is 11.9 Å². The van der Waals surface area contributed by atoms with Gasteiger partial charge in [-0.2, -0.15) is 0 Å². The molecule has 1 fully saturated rings. The normalized spacial score (nSPS) is 19.0. The number of methoxy groups -OCH3 is 1. The quantitative estimate of drug-likeness (QED) is 0.529. The first-order valence-electron chi connectivity index (χ1n) is 5.34. The SMILES string of the molecule is COC(=O)C(C)C(=O)OC1CCC(=O)CC1. The number of ether oxygens (including phenoxy) is 2. The van der Waals surface area contributed by atoms with E-state index >= 15 is 0 Å². The smallest absolute Gasteiger partial charge is 0.320 e. The van der Waals surface area contributed by atoms with Crippen LogP contribution in [0.4, 0.5) is 0 Å². The summed E-state index contributed by atoms with van der Waals surface area (Å²) < 4.78 is 9.58. The van der Waals surface area contributed by atoms with Gasteiger partial charge in [0.05, 0.1) is 7.11 Å². The summed E-state index contributed by atoms with van der Waals surface area (Å²) in [5.74, 6) is -1.88. The van der Waals surface area contributed by atoms with Crippen molar-refractivity contribution in [1.82, 2.24) is 0 Å². The molecule has 0 spiro atoms. The van der Waals surface area contributed by atoms with Gasteiger partial charge in [-0.3, -0.25) is 14.4 Å². The summed E-state index contributed by atoms with van der Waals surface area (Å²) in [4.78, 5) is 33.5. The van der Waals surface area contributed by atoms with Crippen molar-refractivity contribution in [3.05, 3.63) is 0 Å². The van der Waals surface area contributed by atoms with Gasteiger partial charge in [0, 0.05) is 12.8 Å². The Balaban J connectivity index is 2.39. The van der Waals surface area contributed by atoms with Gasteiger partial charge in [0.25, 0.3) is 0 Å². The highest BCUT2D eigenvalue weighted by molar-refractivity contribution is 5.94. The van der Waals surface area contributed by atoms with Gasteiger partial charge in [-0.05, 0) is 19.8 Å². The first-order chi connectivity index (χ1) is 7.54. The van der Waals surface area contributed by atoms with Crippen LogP contribution in [0.15, 0.2) is 0 Å². The summed E-state index contributed by atoms with van der Waals surface area (Å²) in [6, 6.07) is 0. The summed E-state index contributed by atoms with van der Waals surface area (Å²) in [5.41, 5.74) is 0. The third-order valence-corrected chi connectivity index (χ3v) is 2.68. The molecule has 1 atom stereocenters. The molecular weight excluding hydrogens is 212 g/mol. The molecule has 1 rings (SSSR count). The van der Waals surface area contributed by atoms with E-state index in [1.807, 2.05) is 0 Å². The van der Waals surface area contributed by atoms with Crippen LogP contribution in [0.1, 0.15) is 32.6 Å². The number of hydrogen-bond acceptors (Lipinski definition) is 5. The molecule has 5 nitrogen and oxygen atoms in total. The highest BCUT2D eigenvalue weighted by atomic mass is 16.6. The van der Waals surface area contributed by atoms with E-state index in [1.165, 1.54) is 14.0 Å². The average molecular weight is 228 g/mol. The Morgan fingerprint density at radius 1 is 1.25 bits per heavy atom. The second kappa shape index (κ2) is 5.63. The molecular formula is C11H16O5. The highest BCUT2D eigenvalue weighted by Gasteiger charge is 2.28. The third kappa shape index (κ3) is 3.32. The van der Waals surface area contributed by atoms with E-state index < -0.39 is 17.9 Å². The summed E-state index contributed by atoms with van der Waals surface area (Å²) in [6.07, 6.45) is 1.77. The largest absolute Gasteiger partial charge is 0.468 e. The van der Waals surface area contributed by atoms with Crippen LogP contribution in [-0.4, -0.2) is 30.9 Å². The van der Waals surface area contributed by atoms with E-state index in [1.54, 1.807) is 0 Å². The van der Waals surface area contributed by atoms with Gasteiger partial charge >= 0.3 is 11.9 Å². The lowest BCUT2D eigenvalue weighted by Crippen LogP contribution is -2.30. The van der Waals surface area contributed by atoms with Crippen LogP contribution >= 0.6 is 0 Å². The number of carbonyl (C=O) groups excluding carboxylic acids is 3. The molecule has 0 amide bonds. The van der Waals surface area contributed by atoms with Gasteiger partial charge in [0.15, 0.2) is 5.92 Å². The molecule has 0 aromatic rings. The molecule has 0 radical (unpaired) electrons. The zero-order valence-corrected chi connectivity index (χ0v) is 9.52. The molecule has 90 valence electrons. The maximum Gasteiger partial charge on any atom is 0.320 e. The molecule has 0 bridgehead atoms. The van der Waals surface area contributed by atoms with Gasteiger partial charge in [0.2, 0.25) is 0 Å². The molecule has 16 heavy (non-hydrogen) atoms. The average Bonchev–Trinajstić information content (AvgIpc) is 2.30. The second-order valence-corrected chi connectivity index (χ2v) is 3.92. The fraction of sp³-hybridized carbons (Fsp3) is 0.727. The molecule has 1 saturated carbocycles. The molecule has 0 aromatic heterocycles. The van der Waals surface area contributed by atoms with Crippen LogP contribution < -0.4 is 0 Å². The van der Waals surface area contributed by atoms with Crippen molar-refractivity contribution in [3.63, 3.8) is 0 Å². The van der Waals surface area contributed by atoms with Crippen molar-refractivity contribution >= 4 is 17.7 Å². The van der Waals surface area contributed by atoms with Gasteiger partial charge in [0.1, 0.15) is 11.9 Å². The van der Waals surface area contributed by atoms with Crippen LogP contribution in [0.25, 0.3) is 0 Å². The number of hydrogen-bond donors (Lipinski definition) is 0. The molecule has 0 N–H and O–H groups in total. The number of Topliss-reactive ketones (excluding diaryl/α,β-unsaturated/α-hetero) is 1. The molecule has 0 saturated heterocycles. The predicted octanol–water partition coefficient (Wildman–Crippen LogP) is 0.850. The summed E-state index contributed by atoms with van der Waals surface area (Å²) in [5, 5.41) is 0. The van der Waals surface area contributed by atoms with E-state index in [9.17, 15) is 14.4 Å². The monoisotopic (exact) mass is 228 g/mol. The maximum atomic E-state index is 11.5. The molecule has 5 heteroatoms. The van der Waals surface area contributed by atoms with E-state index in [0.29, 0.717) is 25.7 Å². The number of rotatable bonds is 3. The Kier molecular flexibility index (Phi) is 4.46. The van der Waals surface area contributed by atoms with E-state index in [2.05, 4.69) is 4.74 Å². The van der Waals surface area contributed by atoms with Crippen LogP contribution in [-0.2, 0) is 23.9 Å². The molecule has 1 aliphatic rings. The van der Waals surface area contributed by atoms with E-state index in [0.717, 1.165) is 0 Å². The first-order valence-corrected chi connectivity index (χ1v) is 5.34. The number of esters is 2. The van der Waals surface area contributed by atoms with Crippen LogP contribution in [0.5, 0.6) is 0 Å². The van der Waals surface area contributed by atoms with Crippen LogP contribution in [0, 0.1) is 5.92 Å². The van der Waals surface area contributed by atoms with Crippen molar-refractivity contribution in [3.8, 4) is 0 Å². The number of ketones is 1. The molecule has 1 unspecified atom stereocenters. The predicted molar refractivity (Wildman–Crippen MR) is 54.5 cm³/mol. The van der Waals surface area contributed by atoms with Crippen molar-refractivity contribution in [1.29, 1.82) is 0 Å². The van der Waals surface area contributed by atoms with Crippen molar-refractivity contribution in [2.75, 3.05) is 7.11 Å². The maximum absolute atomic E-state index is 11.5. The first kappa shape index (κ1) is 12.7. The van der Waals surface area contributed by atoms with Crippen LogP contribution in [0.2, 0.25) is 0 Å². The standard InChI is InChI=1S/C11H16O5/c1-7(10(13)15-2)11(14)16-9-5-3-8(12)4-6-9/h7,9H,3-6H2,1-2H3. The van der Waals surface area contributed by atoms with Gasteiger partial charge < -0.3 is 9.47 Å². The highest BCUT2D eigenvalue weighted by Crippen LogP contribution is 2.19. The topological polar surface area (TPSA) is 69.7 Å². The minimum absolute atomic E-state index is 0.202. The Labute approximate surface area is 94.1 Å². The lowest BCUT2D eigenvalue weighted by atomic mass is 9.96. The lowest BCUT2D eigenvalue weighted by Gasteiger charge is -2.22.